The summed E-state index contributed by atoms with van der Waals surface area (Å²) in [5, 5.41) is 5.27. The van der Waals surface area contributed by atoms with Gasteiger partial charge in [0.15, 0.2) is 0 Å². The van der Waals surface area contributed by atoms with E-state index in [0.29, 0.717) is 0 Å². The van der Waals surface area contributed by atoms with Crippen molar-refractivity contribution in [1.82, 2.24) is 10.3 Å². The SMILES string of the molecule is CNCc1ccc(N(C)Cc2cc(Br)cs2)nc1C. The first-order valence-electron chi connectivity index (χ1n) is 6.15. The fourth-order valence-electron chi connectivity index (χ4n) is 1.92. The van der Waals surface area contributed by atoms with Crippen LogP contribution in [0.15, 0.2) is 28.1 Å². The lowest BCUT2D eigenvalue weighted by Crippen LogP contribution is -2.18. The van der Waals surface area contributed by atoms with Crippen molar-refractivity contribution >= 4 is 33.1 Å². The fourth-order valence-corrected chi connectivity index (χ4v) is 3.42. The number of thiophene rings is 1. The summed E-state index contributed by atoms with van der Waals surface area (Å²) in [6, 6.07) is 6.39. The van der Waals surface area contributed by atoms with Gasteiger partial charge in [0.1, 0.15) is 5.82 Å². The van der Waals surface area contributed by atoms with Crippen LogP contribution in [0.25, 0.3) is 0 Å². The Morgan fingerprint density at radius 3 is 2.79 bits per heavy atom. The molecule has 0 amide bonds. The molecule has 19 heavy (non-hydrogen) atoms. The van der Waals surface area contributed by atoms with E-state index in [1.54, 1.807) is 11.3 Å². The first-order chi connectivity index (χ1) is 9.10. The van der Waals surface area contributed by atoms with Crippen molar-refractivity contribution in [2.24, 2.45) is 0 Å². The van der Waals surface area contributed by atoms with Gasteiger partial charge in [-0.15, -0.1) is 11.3 Å². The van der Waals surface area contributed by atoms with Crippen molar-refractivity contribution in [2.45, 2.75) is 20.0 Å². The summed E-state index contributed by atoms with van der Waals surface area (Å²) in [5.41, 5.74) is 2.34. The van der Waals surface area contributed by atoms with Gasteiger partial charge in [-0.05, 0) is 47.6 Å². The number of hydrogen-bond acceptors (Lipinski definition) is 4. The second kappa shape index (κ2) is 6.50. The van der Waals surface area contributed by atoms with Crippen molar-refractivity contribution in [3.8, 4) is 0 Å². The van der Waals surface area contributed by atoms with Gasteiger partial charge in [0.05, 0.1) is 6.54 Å². The quantitative estimate of drug-likeness (QED) is 0.902. The van der Waals surface area contributed by atoms with Crippen LogP contribution in [0, 0.1) is 6.92 Å². The van der Waals surface area contributed by atoms with Gasteiger partial charge in [0.2, 0.25) is 0 Å². The molecule has 2 heterocycles. The molecule has 2 aromatic rings. The van der Waals surface area contributed by atoms with E-state index >= 15 is 0 Å². The molecule has 0 aromatic carbocycles. The number of halogens is 1. The summed E-state index contributed by atoms with van der Waals surface area (Å²) in [6.45, 7) is 3.81. The third-order valence-corrected chi connectivity index (χ3v) is 4.64. The number of rotatable bonds is 5. The van der Waals surface area contributed by atoms with E-state index in [-0.39, 0.29) is 0 Å². The van der Waals surface area contributed by atoms with E-state index < -0.39 is 0 Å². The molecule has 5 heteroatoms. The van der Waals surface area contributed by atoms with E-state index in [1.165, 1.54) is 10.4 Å². The van der Waals surface area contributed by atoms with Gasteiger partial charge in [-0.25, -0.2) is 4.98 Å². The van der Waals surface area contributed by atoms with Crippen molar-refractivity contribution in [3.05, 3.63) is 44.2 Å². The van der Waals surface area contributed by atoms with Crippen LogP contribution in [-0.4, -0.2) is 19.1 Å². The molecule has 2 aromatic heterocycles. The molecule has 0 unspecified atom stereocenters. The Bertz CT molecular complexity index is 553. The number of nitrogens with zero attached hydrogens (tertiary/aromatic N) is 2. The number of aromatic nitrogens is 1. The lowest BCUT2D eigenvalue weighted by molar-refractivity contribution is 0.800. The largest absolute Gasteiger partial charge is 0.355 e. The summed E-state index contributed by atoms with van der Waals surface area (Å²) in [7, 11) is 4.03. The molecule has 0 aliphatic rings. The highest BCUT2D eigenvalue weighted by Gasteiger charge is 2.07. The van der Waals surface area contributed by atoms with Gasteiger partial charge in [-0.1, -0.05) is 6.07 Å². The Balaban J connectivity index is 2.10. The minimum atomic E-state index is 0.862. The zero-order valence-electron chi connectivity index (χ0n) is 11.4. The van der Waals surface area contributed by atoms with E-state index in [9.17, 15) is 0 Å². The monoisotopic (exact) mass is 339 g/mol. The van der Waals surface area contributed by atoms with Crippen LogP contribution in [0.1, 0.15) is 16.1 Å². The minimum Gasteiger partial charge on any atom is -0.355 e. The number of anilines is 1. The molecule has 0 spiro atoms. The molecule has 0 saturated carbocycles. The number of hydrogen-bond donors (Lipinski definition) is 1. The van der Waals surface area contributed by atoms with E-state index in [1.807, 2.05) is 7.05 Å². The molecule has 0 fully saturated rings. The number of nitrogens with one attached hydrogen (secondary N) is 1. The van der Waals surface area contributed by atoms with Crippen molar-refractivity contribution in [1.29, 1.82) is 0 Å². The summed E-state index contributed by atoms with van der Waals surface area (Å²) < 4.78 is 1.15. The minimum absolute atomic E-state index is 0.862. The van der Waals surface area contributed by atoms with Crippen molar-refractivity contribution < 1.29 is 0 Å². The zero-order chi connectivity index (χ0) is 13.8. The van der Waals surface area contributed by atoms with Gasteiger partial charge in [0.25, 0.3) is 0 Å². The second-order valence-corrected chi connectivity index (χ2v) is 6.44. The predicted molar refractivity (Wildman–Crippen MR) is 85.9 cm³/mol. The molecule has 2 rings (SSSR count). The second-order valence-electron chi connectivity index (χ2n) is 4.53. The third kappa shape index (κ3) is 3.78. The molecule has 0 radical (unpaired) electrons. The Labute approximate surface area is 126 Å². The number of pyridine rings is 1. The van der Waals surface area contributed by atoms with E-state index in [2.05, 4.69) is 68.7 Å². The summed E-state index contributed by atoms with van der Waals surface area (Å²) in [5.74, 6) is 1.02. The molecule has 0 aliphatic carbocycles. The maximum absolute atomic E-state index is 4.67. The molecule has 0 aliphatic heterocycles. The first kappa shape index (κ1) is 14.5. The van der Waals surface area contributed by atoms with E-state index in [4.69, 9.17) is 0 Å². The molecule has 3 nitrogen and oxygen atoms in total. The molecule has 1 N–H and O–H groups in total. The predicted octanol–water partition coefficient (Wildman–Crippen LogP) is 3.57. The highest BCUT2D eigenvalue weighted by molar-refractivity contribution is 9.10. The van der Waals surface area contributed by atoms with Gasteiger partial charge < -0.3 is 10.2 Å². The van der Waals surface area contributed by atoms with Crippen LogP contribution in [0.3, 0.4) is 0 Å². The topological polar surface area (TPSA) is 28.2 Å². The highest BCUT2D eigenvalue weighted by Crippen LogP contribution is 2.23. The average Bonchev–Trinajstić information content (AvgIpc) is 2.77. The van der Waals surface area contributed by atoms with Crippen LogP contribution in [-0.2, 0) is 13.1 Å². The Morgan fingerprint density at radius 1 is 1.42 bits per heavy atom. The maximum atomic E-state index is 4.67. The van der Waals surface area contributed by atoms with E-state index in [0.717, 1.165) is 29.1 Å². The van der Waals surface area contributed by atoms with Crippen molar-refractivity contribution in [2.75, 3.05) is 19.0 Å². The van der Waals surface area contributed by atoms with Crippen LogP contribution < -0.4 is 10.2 Å². The van der Waals surface area contributed by atoms with Gasteiger partial charge in [-0.3, -0.25) is 0 Å². The Hall–Kier alpha value is -0.910. The van der Waals surface area contributed by atoms with Crippen LogP contribution >= 0.6 is 27.3 Å². The normalized spacial score (nSPS) is 10.7. The summed E-state index contributed by atoms with van der Waals surface area (Å²) in [4.78, 5) is 8.18. The van der Waals surface area contributed by atoms with Gasteiger partial charge in [-0.2, -0.15) is 0 Å². The highest BCUT2D eigenvalue weighted by atomic mass is 79.9. The average molecular weight is 340 g/mol. The van der Waals surface area contributed by atoms with Gasteiger partial charge >= 0.3 is 0 Å². The molecular formula is C14H18BrN3S. The van der Waals surface area contributed by atoms with Gasteiger partial charge in [0, 0.05) is 34.0 Å². The van der Waals surface area contributed by atoms with Crippen molar-refractivity contribution in [3.63, 3.8) is 0 Å². The lowest BCUT2D eigenvalue weighted by Gasteiger charge is -2.18. The fraction of sp³-hybridized carbons (Fsp3) is 0.357. The standard InChI is InChI=1S/C14H18BrN3S/c1-10-11(7-16-2)4-5-14(17-10)18(3)8-13-6-12(15)9-19-13/h4-6,9,16H,7-8H2,1-3H3. The Morgan fingerprint density at radius 2 is 2.21 bits per heavy atom. The molecule has 0 bridgehead atoms. The number of aryl methyl sites for hydroxylation is 1. The molecule has 0 saturated heterocycles. The molecular weight excluding hydrogens is 322 g/mol. The molecule has 0 atom stereocenters. The zero-order valence-corrected chi connectivity index (χ0v) is 13.8. The molecule has 102 valence electrons. The van der Waals surface area contributed by atoms with Crippen LogP contribution in [0.4, 0.5) is 5.82 Å². The first-order valence-corrected chi connectivity index (χ1v) is 7.82. The van der Waals surface area contributed by atoms with Crippen LogP contribution in [0.5, 0.6) is 0 Å². The summed E-state index contributed by atoms with van der Waals surface area (Å²) in [6.07, 6.45) is 0. The van der Waals surface area contributed by atoms with Crippen LogP contribution in [0.2, 0.25) is 0 Å². The summed E-state index contributed by atoms with van der Waals surface area (Å²) >= 11 is 5.25. The third-order valence-electron chi connectivity index (χ3n) is 2.95. The Kier molecular flexibility index (Phi) is 4.96. The maximum Gasteiger partial charge on any atom is 0.128 e. The smallest absolute Gasteiger partial charge is 0.128 e. The lowest BCUT2D eigenvalue weighted by atomic mass is 10.2.